The number of amides is 3. The number of imide groups is 1. The summed E-state index contributed by atoms with van der Waals surface area (Å²) in [5.74, 6) is -2.86. The molecule has 0 radical (unpaired) electrons. The minimum absolute atomic E-state index is 0.0575. The molecule has 0 unspecified atom stereocenters. The van der Waals surface area contributed by atoms with Crippen LogP contribution in [0.3, 0.4) is 0 Å². The number of halogens is 3. The minimum atomic E-state index is -0.805. The number of hydrogen-bond donors (Lipinski definition) is 3. The van der Waals surface area contributed by atoms with Gasteiger partial charge in [0.1, 0.15) is 22.3 Å². The lowest BCUT2D eigenvalue weighted by Gasteiger charge is -2.15. The molecule has 0 bridgehead atoms. The van der Waals surface area contributed by atoms with Crippen molar-refractivity contribution in [3.63, 3.8) is 0 Å². The fraction of sp³-hybridized carbons (Fsp3) is 0. The molecule has 33 heavy (non-hydrogen) atoms. The first-order valence-electron chi connectivity index (χ1n) is 9.46. The molecule has 0 saturated carbocycles. The number of hydrogen-bond acceptors (Lipinski definition) is 5. The average Bonchev–Trinajstić information content (AvgIpc) is 3.00. The number of carbonyl (C=O) groups is 3. The van der Waals surface area contributed by atoms with Crippen LogP contribution in [0.5, 0.6) is 5.75 Å². The fourth-order valence-electron chi connectivity index (χ4n) is 3.13. The van der Waals surface area contributed by atoms with Crippen molar-refractivity contribution in [2.75, 3.05) is 15.5 Å². The van der Waals surface area contributed by atoms with Gasteiger partial charge in [0.05, 0.1) is 16.4 Å². The zero-order chi connectivity index (χ0) is 23.7. The normalized spacial score (nSPS) is 13.5. The van der Waals surface area contributed by atoms with Crippen LogP contribution >= 0.6 is 23.2 Å². The summed E-state index contributed by atoms with van der Waals surface area (Å²) in [6.45, 7) is 0. The topological polar surface area (TPSA) is 98.7 Å². The molecular formula is C23H14Cl2FN3O4. The van der Waals surface area contributed by atoms with Gasteiger partial charge in [-0.2, -0.15) is 0 Å². The summed E-state index contributed by atoms with van der Waals surface area (Å²) in [5, 5.41) is 14.6. The van der Waals surface area contributed by atoms with Crippen LogP contribution in [0.2, 0.25) is 5.02 Å². The zero-order valence-electron chi connectivity index (χ0n) is 16.6. The lowest BCUT2D eigenvalue weighted by Crippen LogP contribution is -2.32. The molecular weight excluding hydrogens is 472 g/mol. The molecule has 0 fully saturated rings. The SMILES string of the molecule is O=C(Nc1ccccc1O)c1cccc(NC2=C(Cl)C(=O)N(c3ccc(F)c(Cl)c3)C2=O)c1. The van der Waals surface area contributed by atoms with E-state index in [4.69, 9.17) is 23.2 Å². The Kier molecular flexibility index (Phi) is 6.04. The number of aromatic hydroxyl groups is 1. The molecule has 3 aromatic carbocycles. The molecule has 10 heteroatoms. The molecule has 3 aromatic rings. The molecule has 0 saturated heterocycles. The third kappa shape index (κ3) is 4.39. The zero-order valence-corrected chi connectivity index (χ0v) is 18.1. The highest BCUT2D eigenvalue weighted by atomic mass is 35.5. The van der Waals surface area contributed by atoms with Crippen LogP contribution < -0.4 is 15.5 Å². The predicted molar refractivity (Wildman–Crippen MR) is 123 cm³/mol. The fourth-order valence-corrected chi connectivity index (χ4v) is 3.51. The van der Waals surface area contributed by atoms with Crippen LogP contribution in [0.4, 0.5) is 21.5 Å². The lowest BCUT2D eigenvalue weighted by atomic mass is 10.1. The van der Waals surface area contributed by atoms with Gasteiger partial charge >= 0.3 is 0 Å². The first kappa shape index (κ1) is 22.3. The maximum absolute atomic E-state index is 13.5. The highest BCUT2D eigenvalue weighted by Gasteiger charge is 2.39. The highest BCUT2D eigenvalue weighted by molar-refractivity contribution is 6.53. The van der Waals surface area contributed by atoms with Gasteiger partial charge < -0.3 is 15.7 Å². The Morgan fingerprint density at radius 3 is 2.42 bits per heavy atom. The second kappa shape index (κ2) is 8.93. The summed E-state index contributed by atoms with van der Waals surface area (Å²) in [6.07, 6.45) is 0. The van der Waals surface area contributed by atoms with Crippen LogP contribution in [-0.2, 0) is 9.59 Å². The molecule has 3 N–H and O–H groups in total. The summed E-state index contributed by atoms with van der Waals surface area (Å²) < 4.78 is 13.5. The molecule has 0 aromatic heterocycles. The monoisotopic (exact) mass is 485 g/mol. The third-order valence-corrected chi connectivity index (χ3v) is 5.38. The van der Waals surface area contributed by atoms with Gasteiger partial charge in [-0.1, -0.05) is 41.4 Å². The van der Waals surface area contributed by atoms with Crippen LogP contribution in [0.1, 0.15) is 10.4 Å². The first-order valence-corrected chi connectivity index (χ1v) is 10.2. The van der Waals surface area contributed by atoms with Crippen molar-refractivity contribution in [3.05, 3.63) is 93.9 Å². The summed E-state index contributed by atoms with van der Waals surface area (Å²) in [4.78, 5) is 38.8. The standard InChI is InChI=1S/C23H14Cl2FN3O4/c24-15-11-14(8-9-16(15)26)29-22(32)19(25)20(23(29)33)27-13-5-3-4-12(10-13)21(31)28-17-6-1-2-7-18(17)30/h1-11,27,30H,(H,28,31). The molecule has 7 nitrogen and oxygen atoms in total. The molecule has 0 atom stereocenters. The van der Waals surface area contributed by atoms with Gasteiger partial charge in [-0.05, 0) is 48.5 Å². The Hall–Kier alpha value is -3.88. The number of nitrogens with zero attached hydrogens (tertiary/aromatic N) is 1. The van der Waals surface area contributed by atoms with E-state index in [9.17, 15) is 23.9 Å². The van der Waals surface area contributed by atoms with E-state index in [0.29, 0.717) is 5.69 Å². The first-order chi connectivity index (χ1) is 15.8. The van der Waals surface area contributed by atoms with Crippen LogP contribution in [0.15, 0.2) is 77.5 Å². The second-order valence-corrected chi connectivity index (χ2v) is 7.70. The van der Waals surface area contributed by atoms with E-state index >= 15 is 0 Å². The Balaban J connectivity index is 1.56. The Labute approximate surface area is 197 Å². The number of phenols is 1. The number of nitrogens with one attached hydrogen (secondary N) is 2. The minimum Gasteiger partial charge on any atom is -0.506 e. The maximum Gasteiger partial charge on any atom is 0.283 e. The van der Waals surface area contributed by atoms with E-state index in [1.165, 1.54) is 24.3 Å². The molecule has 4 rings (SSSR count). The van der Waals surface area contributed by atoms with E-state index in [-0.39, 0.29) is 38.4 Å². The molecule has 0 spiro atoms. The van der Waals surface area contributed by atoms with E-state index in [1.807, 2.05) is 0 Å². The second-order valence-electron chi connectivity index (χ2n) is 6.91. The summed E-state index contributed by atoms with van der Waals surface area (Å²) in [7, 11) is 0. The van der Waals surface area contributed by atoms with E-state index in [0.717, 1.165) is 17.0 Å². The van der Waals surface area contributed by atoms with Gasteiger partial charge in [-0.15, -0.1) is 0 Å². The summed E-state index contributed by atoms with van der Waals surface area (Å²) >= 11 is 11.9. The van der Waals surface area contributed by atoms with Gasteiger partial charge in [0.2, 0.25) is 0 Å². The number of para-hydroxylation sites is 2. The predicted octanol–water partition coefficient (Wildman–Crippen LogP) is 4.87. The summed E-state index contributed by atoms with van der Waals surface area (Å²) in [5.41, 5.74) is 0.617. The number of carbonyl (C=O) groups excluding carboxylic acids is 3. The van der Waals surface area contributed by atoms with Crippen molar-refractivity contribution >= 4 is 58.0 Å². The molecule has 0 aliphatic carbocycles. The quantitative estimate of drug-likeness (QED) is 0.353. The van der Waals surface area contributed by atoms with Crippen molar-refractivity contribution in [1.82, 2.24) is 0 Å². The van der Waals surface area contributed by atoms with Crippen molar-refractivity contribution in [1.29, 1.82) is 0 Å². The molecule has 1 aliphatic rings. The number of benzene rings is 3. The van der Waals surface area contributed by atoms with Crippen molar-refractivity contribution in [3.8, 4) is 5.75 Å². The lowest BCUT2D eigenvalue weighted by molar-refractivity contribution is -0.120. The van der Waals surface area contributed by atoms with E-state index < -0.39 is 23.5 Å². The Morgan fingerprint density at radius 1 is 0.939 bits per heavy atom. The molecule has 1 heterocycles. The van der Waals surface area contributed by atoms with Crippen molar-refractivity contribution < 1.29 is 23.9 Å². The Morgan fingerprint density at radius 2 is 1.70 bits per heavy atom. The van der Waals surface area contributed by atoms with Crippen LogP contribution in [0, 0.1) is 5.82 Å². The van der Waals surface area contributed by atoms with Gasteiger partial charge in [-0.25, -0.2) is 9.29 Å². The van der Waals surface area contributed by atoms with E-state index in [1.54, 1.807) is 30.3 Å². The number of phenolic OH excluding ortho intramolecular Hbond substituents is 1. The average molecular weight is 486 g/mol. The third-order valence-electron chi connectivity index (χ3n) is 4.74. The summed E-state index contributed by atoms with van der Waals surface area (Å²) in [6, 6.07) is 15.8. The maximum atomic E-state index is 13.5. The smallest absolute Gasteiger partial charge is 0.283 e. The van der Waals surface area contributed by atoms with Crippen molar-refractivity contribution in [2.45, 2.75) is 0 Å². The van der Waals surface area contributed by atoms with Gasteiger partial charge in [-0.3, -0.25) is 14.4 Å². The molecule has 1 aliphatic heterocycles. The van der Waals surface area contributed by atoms with Gasteiger partial charge in [0, 0.05) is 11.3 Å². The molecule has 166 valence electrons. The largest absolute Gasteiger partial charge is 0.506 e. The number of rotatable bonds is 5. The molecule has 3 amide bonds. The van der Waals surface area contributed by atoms with Crippen molar-refractivity contribution in [2.24, 2.45) is 0 Å². The van der Waals surface area contributed by atoms with E-state index in [2.05, 4.69) is 10.6 Å². The highest BCUT2D eigenvalue weighted by Crippen LogP contribution is 2.32. The van der Waals surface area contributed by atoms with Gasteiger partial charge in [0.25, 0.3) is 17.7 Å². The Bertz CT molecular complexity index is 1340. The van der Waals surface area contributed by atoms with Gasteiger partial charge in [0.15, 0.2) is 0 Å². The van der Waals surface area contributed by atoms with Crippen LogP contribution in [0.25, 0.3) is 0 Å². The number of anilines is 3. The van der Waals surface area contributed by atoms with Crippen LogP contribution in [-0.4, -0.2) is 22.8 Å².